The quantitative estimate of drug-likeness (QED) is 0.777. The maximum absolute atomic E-state index is 12.8. The summed E-state index contributed by atoms with van der Waals surface area (Å²) in [5.41, 5.74) is 0.328. The van der Waals surface area contributed by atoms with Crippen LogP contribution in [-0.2, 0) is 23.9 Å². The van der Waals surface area contributed by atoms with E-state index in [1.807, 2.05) is 0 Å². The van der Waals surface area contributed by atoms with Gasteiger partial charge in [-0.15, -0.1) is 0 Å². The van der Waals surface area contributed by atoms with Crippen molar-refractivity contribution in [2.75, 3.05) is 21.3 Å². The fourth-order valence-electron chi connectivity index (χ4n) is 2.49. The molecule has 0 spiro atoms. The van der Waals surface area contributed by atoms with Crippen LogP contribution in [0.4, 0.5) is 13.2 Å². The first-order valence-corrected chi connectivity index (χ1v) is 7.85. The van der Waals surface area contributed by atoms with Crippen molar-refractivity contribution in [2.24, 2.45) is 0 Å². The zero-order valence-corrected chi connectivity index (χ0v) is 14.8. The van der Waals surface area contributed by atoms with E-state index >= 15 is 0 Å². The van der Waals surface area contributed by atoms with Crippen molar-refractivity contribution in [3.8, 4) is 11.5 Å². The molecule has 0 bridgehead atoms. The Hall–Kier alpha value is -2.70. The Kier molecular flexibility index (Phi) is 6.13. The van der Waals surface area contributed by atoms with Crippen LogP contribution in [0.1, 0.15) is 16.7 Å². The van der Waals surface area contributed by atoms with Crippen LogP contribution in [0.2, 0.25) is 0 Å². The summed E-state index contributed by atoms with van der Waals surface area (Å²) in [5, 5.41) is 0. The molecule has 1 amide bonds. The van der Waals surface area contributed by atoms with Crippen LogP contribution < -0.4 is 9.47 Å². The first-order chi connectivity index (χ1) is 12.2. The molecule has 0 aromatic heterocycles. The second-order valence-corrected chi connectivity index (χ2v) is 5.80. The molecule has 2 aromatic rings. The Morgan fingerprint density at radius 1 is 1.08 bits per heavy atom. The van der Waals surface area contributed by atoms with E-state index < -0.39 is 11.7 Å². The molecular weight excluding hydrogens is 347 g/mol. The van der Waals surface area contributed by atoms with Crippen LogP contribution in [0, 0.1) is 0 Å². The summed E-state index contributed by atoms with van der Waals surface area (Å²) < 4.78 is 48.8. The van der Waals surface area contributed by atoms with E-state index in [2.05, 4.69) is 0 Å². The average Bonchev–Trinajstić information content (AvgIpc) is 2.61. The first-order valence-electron chi connectivity index (χ1n) is 7.85. The number of rotatable bonds is 6. The number of carbonyl (C=O) groups excluding carboxylic acids is 1. The normalized spacial score (nSPS) is 11.2. The lowest BCUT2D eigenvalue weighted by atomic mass is 10.1. The number of amides is 1. The summed E-state index contributed by atoms with van der Waals surface area (Å²) in [7, 11) is 4.65. The molecule has 0 aliphatic heterocycles. The van der Waals surface area contributed by atoms with Gasteiger partial charge in [0, 0.05) is 25.2 Å². The predicted molar refractivity (Wildman–Crippen MR) is 91.2 cm³/mol. The van der Waals surface area contributed by atoms with E-state index in [1.54, 1.807) is 32.4 Å². The van der Waals surface area contributed by atoms with Crippen LogP contribution in [0.15, 0.2) is 42.5 Å². The van der Waals surface area contributed by atoms with Gasteiger partial charge in [-0.05, 0) is 23.8 Å². The molecule has 0 aliphatic carbocycles. The molecule has 0 aliphatic rings. The van der Waals surface area contributed by atoms with E-state index in [4.69, 9.17) is 9.47 Å². The van der Waals surface area contributed by atoms with Crippen molar-refractivity contribution >= 4 is 5.91 Å². The molecule has 0 radical (unpaired) electrons. The summed E-state index contributed by atoms with van der Waals surface area (Å²) in [6.07, 6.45) is -4.54. The maximum atomic E-state index is 12.8. The Balaban J connectivity index is 2.09. The van der Waals surface area contributed by atoms with E-state index in [9.17, 15) is 18.0 Å². The van der Waals surface area contributed by atoms with Gasteiger partial charge in [-0.1, -0.05) is 18.2 Å². The van der Waals surface area contributed by atoms with Crippen LogP contribution in [0.3, 0.4) is 0 Å². The lowest BCUT2D eigenvalue weighted by Gasteiger charge is -2.19. The van der Waals surface area contributed by atoms with E-state index in [-0.39, 0.29) is 18.9 Å². The molecule has 140 valence electrons. The summed E-state index contributed by atoms with van der Waals surface area (Å²) in [4.78, 5) is 13.8. The highest BCUT2D eigenvalue weighted by molar-refractivity contribution is 5.78. The van der Waals surface area contributed by atoms with Gasteiger partial charge in [0.2, 0.25) is 5.91 Å². The number of carbonyl (C=O) groups is 1. The summed E-state index contributed by atoms with van der Waals surface area (Å²) >= 11 is 0. The minimum atomic E-state index is -4.43. The van der Waals surface area contributed by atoms with Crippen molar-refractivity contribution in [1.29, 1.82) is 0 Å². The molecule has 0 saturated heterocycles. The fourth-order valence-corrected chi connectivity index (χ4v) is 2.49. The summed E-state index contributed by atoms with van der Waals surface area (Å²) in [6, 6.07) is 10.0. The van der Waals surface area contributed by atoms with Gasteiger partial charge < -0.3 is 14.4 Å². The molecule has 0 fully saturated rings. The number of nitrogens with zero attached hydrogens (tertiary/aromatic N) is 1. The second kappa shape index (κ2) is 8.12. The Morgan fingerprint density at radius 2 is 1.81 bits per heavy atom. The number of halogens is 3. The molecule has 2 rings (SSSR count). The van der Waals surface area contributed by atoms with E-state index in [1.165, 1.54) is 24.1 Å². The molecule has 0 saturated carbocycles. The minimum absolute atomic E-state index is 0.112. The van der Waals surface area contributed by atoms with E-state index in [0.29, 0.717) is 17.1 Å². The molecule has 7 heteroatoms. The van der Waals surface area contributed by atoms with Crippen LogP contribution >= 0.6 is 0 Å². The van der Waals surface area contributed by atoms with Gasteiger partial charge >= 0.3 is 6.18 Å². The van der Waals surface area contributed by atoms with Gasteiger partial charge in [0.1, 0.15) is 11.5 Å². The monoisotopic (exact) mass is 367 g/mol. The topological polar surface area (TPSA) is 38.8 Å². The smallest absolute Gasteiger partial charge is 0.416 e. The number of hydrogen-bond acceptors (Lipinski definition) is 3. The first kappa shape index (κ1) is 19.6. The molecule has 26 heavy (non-hydrogen) atoms. The minimum Gasteiger partial charge on any atom is -0.497 e. The van der Waals surface area contributed by atoms with E-state index in [0.717, 1.165) is 17.7 Å². The number of ether oxygens (including phenoxy) is 2. The van der Waals surface area contributed by atoms with Crippen molar-refractivity contribution < 1.29 is 27.4 Å². The highest BCUT2D eigenvalue weighted by Gasteiger charge is 2.30. The molecule has 2 aromatic carbocycles. The second-order valence-electron chi connectivity index (χ2n) is 5.80. The highest BCUT2D eigenvalue weighted by Crippen LogP contribution is 2.30. The highest BCUT2D eigenvalue weighted by atomic mass is 19.4. The molecular formula is C19H20F3NO3. The lowest BCUT2D eigenvalue weighted by molar-refractivity contribution is -0.138. The third kappa shape index (κ3) is 4.91. The molecule has 4 nitrogen and oxygen atoms in total. The van der Waals surface area contributed by atoms with Crippen molar-refractivity contribution in [3.05, 3.63) is 59.2 Å². The Labute approximate surface area is 150 Å². The Bertz CT molecular complexity index is 775. The largest absolute Gasteiger partial charge is 0.497 e. The molecule has 0 N–H and O–H groups in total. The van der Waals surface area contributed by atoms with Crippen LogP contribution in [0.25, 0.3) is 0 Å². The molecule has 0 heterocycles. The van der Waals surface area contributed by atoms with Crippen molar-refractivity contribution in [1.82, 2.24) is 4.90 Å². The van der Waals surface area contributed by atoms with Crippen molar-refractivity contribution in [3.63, 3.8) is 0 Å². The zero-order valence-electron chi connectivity index (χ0n) is 14.8. The third-order valence-electron chi connectivity index (χ3n) is 3.94. The molecule has 0 unspecified atom stereocenters. The van der Waals surface area contributed by atoms with Gasteiger partial charge in [-0.25, -0.2) is 0 Å². The van der Waals surface area contributed by atoms with Gasteiger partial charge in [-0.2, -0.15) is 13.2 Å². The SMILES string of the molecule is COc1ccc(CN(C)C(=O)Cc2cccc(C(F)(F)F)c2)c(OC)c1. The maximum Gasteiger partial charge on any atom is 0.416 e. The summed E-state index contributed by atoms with van der Waals surface area (Å²) in [6.45, 7) is 0.269. The number of hydrogen-bond donors (Lipinski definition) is 0. The van der Waals surface area contributed by atoms with Gasteiger partial charge in [-0.3, -0.25) is 4.79 Å². The third-order valence-corrected chi connectivity index (χ3v) is 3.94. The van der Waals surface area contributed by atoms with Crippen LogP contribution in [-0.4, -0.2) is 32.1 Å². The van der Waals surface area contributed by atoms with Gasteiger partial charge in [0.15, 0.2) is 0 Å². The standard InChI is InChI=1S/C19H20F3NO3/c1-23(12-14-7-8-16(25-2)11-17(14)26-3)18(24)10-13-5-4-6-15(9-13)19(20,21)22/h4-9,11H,10,12H2,1-3H3. The number of alkyl halides is 3. The number of likely N-dealkylation sites (N-methyl/N-ethyl adjacent to an activating group) is 1. The lowest BCUT2D eigenvalue weighted by Crippen LogP contribution is -2.28. The van der Waals surface area contributed by atoms with Gasteiger partial charge in [0.25, 0.3) is 0 Å². The number of methoxy groups -OCH3 is 2. The zero-order chi connectivity index (χ0) is 19.3. The Morgan fingerprint density at radius 3 is 2.42 bits per heavy atom. The average molecular weight is 367 g/mol. The van der Waals surface area contributed by atoms with Crippen LogP contribution in [0.5, 0.6) is 11.5 Å². The molecule has 0 atom stereocenters. The van der Waals surface area contributed by atoms with Gasteiger partial charge in [0.05, 0.1) is 26.2 Å². The number of benzene rings is 2. The van der Waals surface area contributed by atoms with Crippen molar-refractivity contribution in [2.45, 2.75) is 19.1 Å². The fraction of sp³-hybridized carbons (Fsp3) is 0.316. The summed E-state index contributed by atoms with van der Waals surface area (Å²) in [5.74, 6) is 0.911. The predicted octanol–water partition coefficient (Wildman–Crippen LogP) is 3.92.